The van der Waals surface area contributed by atoms with E-state index in [1.165, 1.54) is 0 Å². The third-order valence-electron chi connectivity index (χ3n) is 5.15. The molecule has 3 aromatic rings. The molecule has 0 saturated heterocycles. The summed E-state index contributed by atoms with van der Waals surface area (Å²) in [5.74, 6) is 0.530. The van der Waals surface area contributed by atoms with Gasteiger partial charge in [0.05, 0.1) is 24.1 Å². The number of ether oxygens (including phenoxy) is 1. The zero-order chi connectivity index (χ0) is 20.0. The molecule has 0 fully saturated rings. The Morgan fingerprint density at radius 1 is 1.18 bits per heavy atom. The first-order valence-electron chi connectivity index (χ1n) is 9.10. The lowest BCUT2D eigenvalue weighted by Crippen LogP contribution is -2.29. The van der Waals surface area contributed by atoms with E-state index in [9.17, 15) is 9.59 Å². The molecule has 1 atom stereocenters. The van der Waals surface area contributed by atoms with Crippen LogP contribution in [0.3, 0.4) is 0 Å². The summed E-state index contributed by atoms with van der Waals surface area (Å²) < 4.78 is 11.2. The Kier molecular flexibility index (Phi) is 4.30. The Labute approximate surface area is 162 Å². The summed E-state index contributed by atoms with van der Waals surface area (Å²) in [5, 5.41) is 0.503. The molecule has 2 heterocycles. The average molecular weight is 375 g/mol. The van der Waals surface area contributed by atoms with E-state index in [0.717, 1.165) is 16.7 Å². The summed E-state index contributed by atoms with van der Waals surface area (Å²) in [6.07, 6.45) is 1.65. The number of hydrogen-bond donors (Lipinski definition) is 0. The third kappa shape index (κ3) is 2.62. The molecule has 1 amide bonds. The average Bonchev–Trinajstić information content (AvgIpc) is 2.96. The number of carbonyl (C=O) groups excluding carboxylic acids is 1. The normalized spacial score (nSPS) is 15.8. The summed E-state index contributed by atoms with van der Waals surface area (Å²) in [4.78, 5) is 28.1. The van der Waals surface area contributed by atoms with E-state index in [1.807, 2.05) is 50.2 Å². The molecule has 5 heteroatoms. The summed E-state index contributed by atoms with van der Waals surface area (Å²) in [6.45, 7) is 7.89. The van der Waals surface area contributed by atoms with Crippen molar-refractivity contribution in [1.29, 1.82) is 0 Å². The smallest absolute Gasteiger partial charge is 0.291 e. The molecule has 1 aliphatic heterocycles. The van der Waals surface area contributed by atoms with Gasteiger partial charge in [-0.3, -0.25) is 9.59 Å². The molecule has 4 rings (SSSR count). The molecule has 0 saturated carbocycles. The first-order valence-corrected chi connectivity index (χ1v) is 9.10. The highest BCUT2D eigenvalue weighted by Crippen LogP contribution is 2.38. The summed E-state index contributed by atoms with van der Waals surface area (Å²) in [6, 6.07) is 10.6. The Morgan fingerprint density at radius 3 is 2.54 bits per heavy atom. The molecular weight excluding hydrogens is 354 g/mol. The van der Waals surface area contributed by atoms with Gasteiger partial charge in [-0.15, -0.1) is 6.58 Å². The van der Waals surface area contributed by atoms with Gasteiger partial charge in [0.15, 0.2) is 5.43 Å². The van der Waals surface area contributed by atoms with Crippen LogP contribution in [0.2, 0.25) is 0 Å². The maximum Gasteiger partial charge on any atom is 0.291 e. The van der Waals surface area contributed by atoms with Crippen LogP contribution in [0.1, 0.15) is 38.9 Å². The number of nitrogens with zero attached hydrogens (tertiary/aromatic N) is 1. The van der Waals surface area contributed by atoms with Crippen LogP contribution in [0.5, 0.6) is 5.75 Å². The van der Waals surface area contributed by atoms with Crippen LogP contribution in [-0.4, -0.2) is 24.5 Å². The van der Waals surface area contributed by atoms with Crippen LogP contribution in [0.25, 0.3) is 11.0 Å². The maximum atomic E-state index is 13.4. The minimum absolute atomic E-state index is 0.118. The van der Waals surface area contributed by atoms with Gasteiger partial charge >= 0.3 is 0 Å². The fourth-order valence-corrected chi connectivity index (χ4v) is 3.93. The van der Waals surface area contributed by atoms with Crippen molar-refractivity contribution in [3.63, 3.8) is 0 Å². The zero-order valence-corrected chi connectivity index (χ0v) is 16.1. The quantitative estimate of drug-likeness (QED) is 0.643. The van der Waals surface area contributed by atoms with E-state index >= 15 is 0 Å². The van der Waals surface area contributed by atoms with E-state index < -0.39 is 6.04 Å². The number of fused-ring (bicyclic) bond motifs is 2. The van der Waals surface area contributed by atoms with Gasteiger partial charge in [0.25, 0.3) is 5.91 Å². The predicted molar refractivity (Wildman–Crippen MR) is 108 cm³/mol. The lowest BCUT2D eigenvalue weighted by Gasteiger charge is -2.23. The van der Waals surface area contributed by atoms with Crippen LogP contribution < -0.4 is 10.2 Å². The van der Waals surface area contributed by atoms with Gasteiger partial charge in [0.1, 0.15) is 11.3 Å². The molecule has 1 unspecified atom stereocenters. The van der Waals surface area contributed by atoms with Crippen molar-refractivity contribution in [3.05, 3.63) is 87.3 Å². The van der Waals surface area contributed by atoms with E-state index in [4.69, 9.17) is 9.15 Å². The molecule has 2 aromatic carbocycles. The molecule has 0 radical (unpaired) electrons. The second-order valence-electron chi connectivity index (χ2n) is 7.05. The van der Waals surface area contributed by atoms with Crippen LogP contribution in [0.4, 0.5) is 0 Å². The van der Waals surface area contributed by atoms with Gasteiger partial charge in [-0.05, 0) is 48.7 Å². The largest absolute Gasteiger partial charge is 0.497 e. The number of hydrogen-bond acceptors (Lipinski definition) is 4. The van der Waals surface area contributed by atoms with Crippen LogP contribution >= 0.6 is 0 Å². The second-order valence-corrected chi connectivity index (χ2v) is 7.05. The van der Waals surface area contributed by atoms with Gasteiger partial charge in [0, 0.05) is 6.54 Å². The maximum absolute atomic E-state index is 13.4. The van der Waals surface area contributed by atoms with Gasteiger partial charge in [0.2, 0.25) is 5.76 Å². The van der Waals surface area contributed by atoms with Gasteiger partial charge in [-0.1, -0.05) is 24.3 Å². The number of aryl methyl sites for hydroxylation is 2. The van der Waals surface area contributed by atoms with Crippen molar-refractivity contribution in [3.8, 4) is 5.75 Å². The molecule has 5 nitrogen and oxygen atoms in total. The topological polar surface area (TPSA) is 59.8 Å². The Bertz CT molecular complexity index is 1160. The molecule has 0 bridgehead atoms. The zero-order valence-electron chi connectivity index (χ0n) is 16.1. The van der Waals surface area contributed by atoms with Crippen molar-refractivity contribution < 1.29 is 13.9 Å². The molecule has 0 aliphatic carbocycles. The highest BCUT2D eigenvalue weighted by molar-refractivity contribution is 5.99. The van der Waals surface area contributed by atoms with Crippen molar-refractivity contribution in [2.24, 2.45) is 0 Å². The summed E-state index contributed by atoms with van der Waals surface area (Å²) >= 11 is 0. The Balaban J connectivity index is 2.01. The molecule has 1 aromatic heterocycles. The van der Waals surface area contributed by atoms with Crippen molar-refractivity contribution in [2.75, 3.05) is 13.7 Å². The van der Waals surface area contributed by atoms with Gasteiger partial charge in [-0.2, -0.15) is 0 Å². The second kappa shape index (κ2) is 6.68. The number of amides is 1. The fraction of sp³-hybridized carbons (Fsp3) is 0.217. The molecule has 0 spiro atoms. The minimum atomic E-state index is -0.520. The first kappa shape index (κ1) is 18.0. The van der Waals surface area contributed by atoms with Crippen LogP contribution in [-0.2, 0) is 0 Å². The lowest BCUT2D eigenvalue weighted by molar-refractivity contribution is 0.0748. The van der Waals surface area contributed by atoms with Crippen molar-refractivity contribution in [1.82, 2.24) is 4.90 Å². The number of rotatable bonds is 4. The lowest BCUT2D eigenvalue weighted by atomic mass is 9.97. The molecule has 1 aliphatic rings. The summed E-state index contributed by atoms with van der Waals surface area (Å²) in [5.41, 5.74) is 3.33. The highest BCUT2D eigenvalue weighted by atomic mass is 16.5. The molecular formula is C23H21NO4. The number of methoxy groups -OCH3 is 1. The van der Waals surface area contributed by atoms with E-state index in [-0.39, 0.29) is 17.1 Å². The van der Waals surface area contributed by atoms with E-state index in [2.05, 4.69) is 6.58 Å². The molecule has 28 heavy (non-hydrogen) atoms. The Hall–Kier alpha value is -3.34. The summed E-state index contributed by atoms with van der Waals surface area (Å²) in [7, 11) is 1.60. The van der Waals surface area contributed by atoms with Gasteiger partial charge in [-0.25, -0.2) is 0 Å². The monoisotopic (exact) mass is 375 g/mol. The van der Waals surface area contributed by atoms with Crippen LogP contribution in [0, 0.1) is 13.8 Å². The van der Waals surface area contributed by atoms with Gasteiger partial charge < -0.3 is 14.1 Å². The number of carbonyl (C=O) groups is 1. The van der Waals surface area contributed by atoms with Crippen LogP contribution in [0.15, 0.2) is 58.3 Å². The standard InChI is InChI=1S/C23H21NO4/c1-5-10-24-19(15-6-8-16(27-4)9-7-15)18-20(25)17-12-13(2)11-14(3)21(17)28-22(18)23(24)26/h5-9,11-12,19H,1,10H2,2-4H3. The molecule has 142 valence electrons. The van der Waals surface area contributed by atoms with E-state index in [1.54, 1.807) is 18.1 Å². The highest BCUT2D eigenvalue weighted by Gasteiger charge is 2.42. The molecule has 0 N–H and O–H groups in total. The SMILES string of the molecule is C=CCN1C(=O)c2oc3c(C)cc(C)cc3c(=O)c2C1c1ccc(OC)cc1. The number of benzene rings is 2. The van der Waals surface area contributed by atoms with E-state index in [0.29, 0.717) is 28.8 Å². The van der Waals surface area contributed by atoms with Crippen molar-refractivity contribution in [2.45, 2.75) is 19.9 Å². The fourth-order valence-electron chi connectivity index (χ4n) is 3.93. The minimum Gasteiger partial charge on any atom is -0.497 e. The van der Waals surface area contributed by atoms with Crippen molar-refractivity contribution >= 4 is 16.9 Å². The predicted octanol–water partition coefficient (Wildman–Crippen LogP) is 4.15. The first-order chi connectivity index (χ1) is 13.5. The Morgan fingerprint density at radius 2 is 1.89 bits per heavy atom. The third-order valence-corrected chi connectivity index (χ3v) is 5.15.